The van der Waals surface area contributed by atoms with E-state index in [4.69, 9.17) is 4.74 Å². The molecule has 2 atom stereocenters. The number of nitrogens with one attached hydrogen (secondary N) is 1. The third-order valence-corrected chi connectivity index (χ3v) is 4.30. The van der Waals surface area contributed by atoms with Gasteiger partial charge < -0.3 is 9.72 Å². The zero-order valence-corrected chi connectivity index (χ0v) is 12.3. The monoisotopic (exact) mass is 348 g/mol. The Morgan fingerprint density at radius 3 is 3.00 bits per heavy atom. The molecule has 1 aliphatic carbocycles. The number of aromatic amines is 1. The van der Waals surface area contributed by atoms with Gasteiger partial charge in [-0.15, -0.1) is 0 Å². The number of hydrogen-bond acceptors (Lipinski definition) is 3. The molecule has 17 heavy (non-hydrogen) atoms. The summed E-state index contributed by atoms with van der Waals surface area (Å²) in [5.74, 6) is 1.28. The molecule has 2 rings (SSSR count). The standard InChI is InChI=1S/C12H17IN2O2/c1-8-4-3-5-12(6-8,17-2)11-14-7-9(13)10(16)15-11/h7-8H,3-6H2,1-2H3,(H,14,15,16). The van der Waals surface area contributed by atoms with Crippen molar-refractivity contribution < 1.29 is 4.74 Å². The molecule has 1 fully saturated rings. The van der Waals surface area contributed by atoms with Crippen LogP contribution in [0.3, 0.4) is 0 Å². The summed E-state index contributed by atoms with van der Waals surface area (Å²) in [7, 11) is 1.70. The molecule has 0 radical (unpaired) electrons. The normalized spacial score (nSPS) is 29.2. The van der Waals surface area contributed by atoms with Crippen molar-refractivity contribution in [2.24, 2.45) is 5.92 Å². The molecule has 94 valence electrons. The van der Waals surface area contributed by atoms with Crippen molar-refractivity contribution in [2.45, 2.75) is 38.2 Å². The molecule has 0 spiro atoms. The molecule has 1 aromatic heterocycles. The number of aromatic nitrogens is 2. The number of ether oxygens (including phenoxy) is 1. The van der Waals surface area contributed by atoms with Gasteiger partial charge in [0.1, 0.15) is 11.4 Å². The largest absolute Gasteiger partial charge is 0.370 e. The van der Waals surface area contributed by atoms with Crippen LogP contribution >= 0.6 is 22.6 Å². The van der Waals surface area contributed by atoms with E-state index in [1.165, 1.54) is 6.42 Å². The molecular formula is C12H17IN2O2. The highest BCUT2D eigenvalue weighted by Gasteiger charge is 2.38. The van der Waals surface area contributed by atoms with Crippen LogP contribution in [0.2, 0.25) is 0 Å². The summed E-state index contributed by atoms with van der Waals surface area (Å²) >= 11 is 1.99. The Balaban J connectivity index is 2.40. The molecule has 0 saturated heterocycles. The van der Waals surface area contributed by atoms with Crippen LogP contribution in [-0.4, -0.2) is 17.1 Å². The number of hydrogen-bond donors (Lipinski definition) is 1. The van der Waals surface area contributed by atoms with E-state index in [0.29, 0.717) is 15.3 Å². The Hall–Kier alpha value is -0.430. The zero-order chi connectivity index (χ0) is 12.5. The van der Waals surface area contributed by atoms with Gasteiger partial charge >= 0.3 is 0 Å². The molecule has 0 amide bonds. The molecule has 1 aliphatic rings. The molecule has 1 N–H and O–H groups in total. The molecule has 1 heterocycles. The Labute approximate surface area is 114 Å². The maximum Gasteiger partial charge on any atom is 0.264 e. The second-order valence-electron chi connectivity index (χ2n) is 4.81. The lowest BCUT2D eigenvalue weighted by atomic mass is 9.78. The summed E-state index contributed by atoms with van der Waals surface area (Å²) in [5, 5.41) is 0. The quantitative estimate of drug-likeness (QED) is 0.836. The topological polar surface area (TPSA) is 55.0 Å². The predicted octanol–water partition coefficient (Wildman–Crippen LogP) is 2.43. The van der Waals surface area contributed by atoms with Crippen molar-refractivity contribution in [3.05, 3.63) is 25.9 Å². The van der Waals surface area contributed by atoms with Crippen LogP contribution in [0.5, 0.6) is 0 Å². The van der Waals surface area contributed by atoms with Crippen LogP contribution in [0.15, 0.2) is 11.0 Å². The van der Waals surface area contributed by atoms with Crippen LogP contribution in [-0.2, 0) is 10.3 Å². The van der Waals surface area contributed by atoms with Gasteiger partial charge in [0.05, 0.1) is 3.57 Å². The van der Waals surface area contributed by atoms with Gasteiger partial charge in [0.25, 0.3) is 5.56 Å². The highest BCUT2D eigenvalue weighted by atomic mass is 127. The van der Waals surface area contributed by atoms with Crippen molar-refractivity contribution in [3.63, 3.8) is 0 Å². The molecule has 4 nitrogen and oxygen atoms in total. The van der Waals surface area contributed by atoms with E-state index in [1.54, 1.807) is 13.3 Å². The molecule has 2 unspecified atom stereocenters. The maximum absolute atomic E-state index is 11.7. The second kappa shape index (κ2) is 5.06. The summed E-state index contributed by atoms with van der Waals surface area (Å²) in [6.07, 6.45) is 5.81. The lowest BCUT2D eigenvalue weighted by Gasteiger charge is -2.37. The third-order valence-electron chi connectivity index (χ3n) is 3.53. The fourth-order valence-corrected chi connectivity index (χ4v) is 2.89. The Morgan fingerprint density at radius 1 is 1.65 bits per heavy atom. The summed E-state index contributed by atoms with van der Waals surface area (Å²) in [6, 6.07) is 0. The predicted molar refractivity (Wildman–Crippen MR) is 73.9 cm³/mol. The minimum atomic E-state index is -0.402. The Kier molecular flexibility index (Phi) is 3.87. The SMILES string of the molecule is COC1(c2ncc(I)c(=O)[nH]2)CCCC(C)C1. The first-order valence-electron chi connectivity index (χ1n) is 5.88. The fourth-order valence-electron chi connectivity index (χ4n) is 2.61. The van der Waals surface area contributed by atoms with Crippen LogP contribution in [0.4, 0.5) is 0 Å². The lowest BCUT2D eigenvalue weighted by molar-refractivity contribution is -0.0648. The summed E-state index contributed by atoms with van der Waals surface area (Å²) in [6.45, 7) is 2.22. The van der Waals surface area contributed by atoms with E-state index in [2.05, 4.69) is 16.9 Å². The average molecular weight is 348 g/mol. The lowest BCUT2D eigenvalue weighted by Crippen LogP contribution is -2.37. The van der Waals surface area contributed by atoms with Gasteiger partial charge in [0.15, 0.2) is 0 Å². The summed E-state index contributed by atoms with van der Waals surface area (Å²) in [5.41, 5.74) is -0.480. The van der Waals surface area contributed by atoms with E-state index in [-0.39, 0.29) is 5.56 Å². The molecule has 0 bridgehead atoms. The van der Waals surface area contributed by atoms with Crippen molar-refractivity contribution in [2.75, 3.05) is 7.11 Å². The van der Waals surface area contributed by atoms with Gasteiger partial charge in [-0.2, -0.15) is 0 Å². The highest BCUT2D eigenvalue weighted by Crippen LogP contribution is 2.40. The number of nitrogens with zero attached hydrogens (tertiary/aromatic N) is 1. The van der Waals surface area contributed by atoms with Crippen LogP contribution < -0.4 is 5.56 Å². The van der Waals surface area contributed by atoms with Crippen molar-refractivity contribution in [1.29, 1.82) is 0 Å². The smallest absolute Gasteiger partial charge is 0.264 e. The fraction of sp³-hybridized carbons (Fsp3) is 0.667. The second-order valence-corrected chi connectivity index (χ2v) is 5.97. The molecule has 0 aromatic carbocycles. The zero-order valence-electron chi connectivity index (χ0n) is 10.1. The third kappa shape index (κ3) is 2.54. The van der Waals surface area contributed by atoms with Gasteiger partial charge in [0, 0.05) is 13.3 Å². The molecule has 1 saturated carbocycles. The van der Waals surface area contributed by atoms with E-state index in [1.807, 2.05) is 22.6 Å². The molecule has 1 aromatic rings. The average Bonchev–Trinajstić information content (AvgIpc) is 2.32. The van der Waals surface area contributed by atoms with Gasteiger partial charge in [-0.25, -0.2) is 4.98 Å². The maximum atomic E-state index is 11.7. The van der Waals surface area contributed by atoms with E-state index in [9.17, 15) is 4.79 Å². The van der Waals surface area contributed by atoms with Gasteiger partial charge in [0.2, 0.25) is 0 Å². The summed E-state index contributed by atoms with van der Waals surface area (Å²) in [4.78, 5) is 18.9. The Bertz CT molecular complexity index is 460. The molecule has 5 heteroatoms. The number of methoxy groups -OCH3 is 1. The first kappa shape index (κ1) is 13.0. The van der Waals surface area contributed by atoms with Gasteiger partial charge in [-0.05, 0) is 47.8 Å². The minimum Gasteiger partial charge on any atom is -0.370 e. The van der Waals surface area contributed by atoms with E-state index < -0.39 is 5.60 Å². The first-order chi connectivity index (χ1) is 8.07. The summed E-state index contributed by atoms with van der Waals surface area (Å²) < 4.78 is 6.31. The molecule has 0 aliphatic heterocycles. The first-order valence-corrected chi connectivity index (χ1v) is 6.96. The van der Waals surface area contributed by atoms with Crippen molar-refractivity contribution in [3.8, 4) is 0 Å². The van der Waals surface area contributed by atoms with Crippen molar-refractivity contribution >= 4 is 22.6 Å². The van der Waals surface area contributed by atoms with Crippen LogP contribution in [0.1, 0.15) is 38.4 Å². The number of rotatable bonds is 2. The van der Waals surface area contributed by atoms with Crippen LogP contribution in [0.25, 0.3) is 0 Å². The van der Waals surface area contributed by atoms with Crippen LogP contribution in [0, 0.1) is 9.49 Å². The van der Waals surface area contributed by atoms with Gasteiger partial charge in [-0.3, -0.25) is 4.79 Å². The minimum absolute atomic E-state index is 0.0785. The Morgan fingerprint density at radius 2 is 2.41 bits per heavy atom. The number of H-pyrrole nitrogens is 1. The van der Waals surface area contributed by atoms with Gasteiger partial charge in [-0.1, -0.05) is 13.3 Å². The highest BCUT2D eigenvalue weighted by molar-refractivity contribution is 14.1. The van der Waals surface area contributed by atoms with E-state index >= 15 is 0 Å². The van der Waals surface area contributed by atoms with Crippen molar-refractivity contribution in [1.82, 2.24) is 9.97 Å². The van der Waals surface area contributed by atoms with E-state index in [0.717, 1.165) is 19.3 Å². The molecular weight excluding hydrogens is 331 g/mol. The number of halogens is 1.